The van der Waals surface area contributed by atoms with Gasteiger partial charge in [0.2, 0.25) is 0 Å². The molecule has 0 saturated heterocycles. The third-order valence-electron chi connectivity index (χ3n) is 2.30. The molecule has 0 bridgehead atoms. The van der Waals surface area contributed by atoms with Gasteiger partial charge in [-0.15, -0.1) is 0 Å². The summed E-state index contributed by atoms with van der Waals surface area (Å²) in [6, 6.07) is 7.95. The van der Waals surface area contributed by atoms with E-state index in [1.807, 2.05) is 18.2 Å². The quantitative estimate of drug-likeness (QED) is 0.717. The molecule has 0 atom stereocenters. The molecule has 0 amide bonds. The SMILES string of the molecule is CC(C)CNCCNCc1ccccc1Cl. The van der Waals surface area contributed by atoms with Crippen LogP contribution in [0.4, 0.5) is 0 Å². The maximum atomic E-state index is 6.05. The number of rotatable bonds is 7. The lowest BCUT2D eigenvalue weighted by Crippen LogP contribution is -2.29. The van der Waals surface area contributed by atoms with Crippen molar-refractivity contribution in [2.75, 3.05) is 19.6 Å². The number of benzene rings is 1. The van der Waals surface area contributed by atoms with Crippen LogP contribution in [-0.2, 0) is 6.54 Å². The molecule has 0 heterocycles. The molecule has 0 spiro atoms. The lowest BCUT2D eigenvalue weighted by Gasteiger charge is -2.09. The number of nitrogens with one attached hydrogen (secondary N) is 2. The standard InChI is InChI=1S/C13H21ClN2/c1-11(2)9-15-7-8-16-10-12-5-3-4-6-13(12)14/h3-6,11,15-16H,7-10H2,1-2H3. The number of hydrogen-bond donors (Lipinski definition) is 2. The maximum Gasteiger partial charge on any atom is 0.0450 e. The van der Waals surface area contributed by atoms with E-state index in [0.29, 0.717) is 5.92 Å². The minimum atomic E-state index is 0.712. The highest BCUT2D eigenvalue weighted by Gasteiger charge is 1.97. The summed E-state index contributed by atoms with van der Waals surface area (Å²) in [5, 5.41) is 7.60. The molecule has 0 radical (unpaired) electrons. The van der Waals surface area contributed by atoms with Crippen molar-refractivity contribution in [3.63, 3.8) is 0 Å². The first-order valence-corrected chi connectivity index (χ1v) is 6.23. The van der Waals surface area contributed by atoms with Gasteiger partial charge in [0.05, 0.1) is 0 Å². The average molecular weight is 241 g/mol. The highest BCUT2D eigenvalue weighted by atomic mass is 35.5. The van der Waals surface area contributed by atoms with Gasteiger partial charge in [-0.05, 0) is 24.1 Å². The van der Waals surface area contributed by atoms with Crippen molar-refractivity contribution in [3.8, 4) is 0 Å². The highest BCUT2D eigenvalue weighted by Crippen LogP contribution is 2.13. The predicted octanol–water partition coefficient (Wildman–Crippen LogP) is 2.68. The Balaban J connectivity index is 2.10. The van der Waals surface area contributed by atoms with Gasteiger partial charge in [0.1, 0.15) is 0 Å². The van der Waals surface area contributed by atoms with E-state index in [2.05, 4.69) is 30.5 Å². The first kappa shape index (κ1) is 13.5. The van der Waals surface area contributed by atoms with E-state index in [9.17, 15) is 0 Å². The van der Waals surface area contributed by atoms with Crippen molar-refractivity contribution in [2.24, 2.45) is 5.92 Å². The van der Waals surface area contributed by atoms with Gasteiger partial charge >= 0.3 is 0 Å². The van der Waals surface area contributed by atoms with Gasteiger partial charge in [0, 0.05) is 24.7 Å². The second kappa shape index (κ2) is 7.66. The van der Waals surface area contributed by atoms with Crippen LogP contribution in [0.15, 0.2) is 24.3 Å². The van der Waals surface area contributed by atoms with Gasteiger partial charge in [0.25, 0.3) is 0 Å². The Bertz CT molecular complexity index is 300. The third kappa shape index (κ3) is 5.50. The molecule has 0 unspecified atom stereocenters. The van der Waals surface area contributed by atoms with Crippen LogP contribution < -0.4 is 10.6 Å². The van der Waals surface area contributed by atoms with Crippen LogP contribution >= 0.6 is 11.6 Å². The van der Waals surface area contributed by atoms with Gasteiger partial charge in [0.15, 0.2) is 0 Å². The van der Waals surface area contributed by atoms with Crippen LogP contribution in [0.3, 0.4) is 0 Å². The van der Waals surface area contributed by atoms with Gasteiger partial charge in [-0.1, -0.05) is 43.6 Å². The summed E-state index contributed by atoms with van der Waals surface area (Å²) in [5.74, 6) is 0.712. The summed E-state index contributed by atoms with van der Waals surface area (Å²) in [4.78, 5) is 0. The van der Waals surface area contributed by atoms with Gasteiger partial charge in [-0.25, -0.2) is 0 Å². The normalized spacial score (nSPS) is 11.0. The predicted molar refractivity (Wildman–Crippen MR) is 70.9 cm³/mol. The van der Waals surface area contributed by atoms with Gasteiger partial charge in [-0.2, -0.15) is 0 Å². The molecule has 1 rings (SSSR count). The summed E-state index contributed by atoms with van der Waals surface area (Å²) < 4.78 is 0. The van der Waals surface area contributed by atoms with Crippen molar-refractivity contribution in [1.82, 2.24) is 10.6 Å². The summed E-state index contributed by atoms with van der Waals surface area (Å²) >= 11 is 6.05. The van der Waals surface area contributed by atoms with E-state index in [0.717, 1.165) is 36.8 Å². The number of halogens is 1. The zero-order chi connectivity index (χ0) is 11.8. The van der Waals surface area contributed by atoms with Crippen LogP contribution in [0.25, 0.3) is 0 Å². The molecule has 0 aliphatic rings. The van der Waals surface area contributed by atoms with Gasteiger partial charge < -0.3 is 10.6 Å². The fourth-order valence-electron chi connectivity index (χ4n) is 1.43. The molecule has 1 aromatic rings. The molecule has 90 valence electrons. The zero-order valence-corrected chi connectivity index (χ0v) is 10.8. The third-order valence-corrected chi connectivity index (χ3v) is 2.67. The van der Waals surface area contributed by atoms with E-state index in [1.165, 1.54) is 0 Å². The lowest BCUT2D eigenvalue weighted by molar-refractivity contribution is 0.535. The average Bonchev–Trinajstić information content (AvgIpc) is 2.25. The van der Waals surface area contributed by atoms with Crippen molar-refractivity contribution in [1.29, 1.82) is 0 Å². The van der Waals surface area contributed by atoms with Crippen molar-refractivity contribution >= 4 is 11.6 Å². The minimum absolute atomic E-state index is 0.712. The van der Waals surface area contributed by atoms with E-state index in [1.54, 1.807) is 0 Å². The summed E-state index contributed by atoms with van der Waals surface area (Å²) in [7, 11) is 0. The Kier molecular flexibility index (Phi) is 6.46. The molecule has 2 nitrogen and oxygen atoms in total. The monoisotopic (exact) mass is 240 g/mol. The fourth-order valence-corrected chi connectivity index (χ4v) is 1.63. The Morgan fingerprint density at radius 3 is 2.50 bits per heavy atom. The largest absolute Gasteiger partial charge is 0.315 e. The zero-order valence-electron chi connectivity index (χ0n) is 10.1. The van der Waals surface area contributed by atoms with Crippen LogP contribution in [0.5, 0.6) is 0 Å². The molecule has 3 heteroatoms. The first-order valence-electron chi connectivity index (χ1n) is 5.85. The van der Waals surface area contributed by atoms with Crippen LogP contribution in [0.2, 0.25) is 5.02 Å². The second-order valence-corrected chi connectivity index (χ2v) is 4.77. The highest BCUT2D eigenvalue weighted by molar-refractivity contribution is 6.31. The summed E-state index contributed by atoms with van der Waals surface area (Å²) in [6.07, 6.45) is 0. The number of hydrogen-bond acceptors (Lipinski definition) is 2. The molecule has 0 aliphatic carbocycles. The summed E-state index contributed by atoms with van der Waals surface area (Å²) in [6.45, 7) is 8.31. The Morgan fingerprint density at radius 2 is 1.81 bits per heavy atom. The van der Waals surface area contributed by atoms with E-state index in [-0.39, 0.29) is 0 Å². The van der Waals surface area contributed by atoms with Crippen molar-refractivity contribution in [2.45, 2.75) is 20.4 Å². The van der Waals surface area contributed by atoms with Crippen LogP contribution in [0.1, 0.15) is 19.4 Å². The van der Waals surface area contributed by atoms with Crippen molar-refractivity contribution < 1.29 is 0 Å². The van der Waals surface area contributed by atoms with Gasteiger partial charge in [-0.3, -0.25) is 0 Å². The minimum Gasteiger partial charge on any atom is -0.315 e. The topological polar surface area (TPSA) is 24.1 Å². The Hall–Kier alpha value is -0.570. The van der Waals surface area contributed by atoms with E-state index >= 15 is 0 Å². The Morgan fingerprint density at radius 1 is 1.12 bits per heavy atom. The summed E-state index contributed by atoms with van der Waals surface area (Å²) in [5.41, 5.74) is 1.16. The molecule has 1 aromatic carbocycles. The molecule has 0 fully saturated rings. The molecule has 2 N–H and O–H groups in total. The Labute approximate surface area is 103 Å². The lowest BCUT2D eigenvalue weighted by atomic mass is 10.2. The van der Waals surface area contributed by atoms with Crippen LogP contribution in [0, 0.1) is 5.92 Å². The smallest absolute Gasteiger partial charge is 0.0450 e. The molecule has 0 aliphatic heterocycles. The van der Waals surface area contributed by atoms with Crippen molar-refractivity contribution in [3.05, 3.63) is 34.9 Å². The molecule has 0 aromatic heterocycles. The molecular weight excluding hydrogens is 220 g/mol. The molecule has 0 saturated carbocycles. The first-order chi connectivity index (χ1) is 7.70. The van der Waals surface area contributed by atoms with E-state index in [4.69, 9.17) is 11.6 Å². The van der Waals surface area contributed by atoms with Crippen LogP contribution in [-0.4, -0.2) is 19.6 Å². The maximum absolute atomic E-state index is 6.05. The fraction of sp³-hybridized carbons (Fsp3) is 0.538. The van der Waals surface area contributed by atoms with E-state index < -0.39 is 0 Å². The molecular formula is C13H21ClN2. The second-order valence-electron chi connectivity index (χ2n) is 4.37. The molecule has 16 heavy (non-hydrogen) atoms.